The van der Waals surface area contributed by atoms with Crippen LogP contribution in [0.25, 0.3) is 0 Å². The molecule has 0 aromatic heterocycles. The highest BCUT2D eigenvalue weighted by molar-refractivity contribution is 6.30. The molecule has 0 unspecified atom stereocenters. The van der Waals surface area contributed by atoms with E-state index in [1.165, 1.54) is 6.07 Å². The topological polar surface area (TPSA) is 57.6 Å². The Kier molecular flexibility index (Phi) is 5.88. The summed E-state index contributed by atoms with van der Waals surface area (Å²) in [6.07, 6.45) is -5.54. The van der Waals surface area contributed by atoms with Gasteiger partial charge in [-0.15, -0.1) is 0 Å². The number of carbonyl (C=O) groups excluding carboxylic acids is 2. The average Bonchev–Trinajstić information content (AvgIpc) is 2.94. The van der Waals surface area contributed by atoms with Crippen LogP contribution >= 0.6 is 11.6 Å². The van der Waals surface area contributed by atoms with Gasteiger partial charge in [0, 0.05) is 24.4 Å². The van der Waals surface area contributed by atoms with Gasteiger partial charge < -0.3 is 10.0 Å². The van der Waals surface area contributed by atoms with Gasteiger partial charge in [-0.05, 0) is 48.4 Å². The Morgan fingerprint density at radius 2 is 1.87 bits per heavy atom. The van der Waals surface area contributed by atoms with Gasteiger partial charge >= 0.3 is 6.18 Å². The van der Waals surface area contributed by atoms with E-state index < -0.39 is 52.8 Å². The van der Waals surface area contributed by atoms with Crippen LogP contribution in [0.4, 0.5) is 27.6 Å². The van der Waals surface area contributed by atoms with Gasteiger partial charge in [0.25, 0.3) is 5.91 Å². The second kappa shape index (κ2) is 7.96. The number of amides is 1. The highest BCUT2D eigenvalue weighted by atomic mass is 35.5. The number of aryl methyl sites for hydroxylation is 1. The number of ketones is 1. The molecule has 160 valence electrons. The van der Waals surface area contributed by atoms with E-state index in [-0.39, 0.29) is 24.4 Å². The molecule has 4 nitrogen and oxygen atoms in total. The highest BCUT2D eigenvalue weighted by Gasteiger charge is 2.51. The fourth-order valence-corrected chi connectivity index (χ4v) is 3.55. The molecule has 0 aliphatic carbocycles. The fourth-order valence-electron chi connectivity index (χ4n) is 3.31. The summed E-state index contributed by atoms with van der Waals surface area (Å²) in [6, 6.07) is 5.19. The first-order valence-electron chi connectivity index (χ1n) is 8.81. The number of hydrogen-bond acceptors (Lipinski definition) is 3. The maximum absolute atomic E-state index is 14.1. The number of alkyl halides is 3. The molecule has 0 spiro atoms. The fraction of sp³-hybridized carbons (Fsp3) is 0.300. The number of anilines is 1. The molecule has 1 amide bonds. The Balaban J connectivity index is 1.79. The predicted molar refractivity (Wildman–Crippen MR) is 98.1 cm³/mol. The minimum Gasteiger partial charge on any atom is -0.373 e. The normalized spacial score (nSPS) is 19.4. The van der Waals surface area contributed by atoms with Crippen molar-refractivity contribution in [2.45, 2.75) is 31.0 Å². The summed E-state index contributed by atoms with van der Waals surface area (Å²) in [5, 5.41) is 10.7. The zero-order valence-corrected chi connectivity index (χ0v) is 16.0. The van der Waals surface area contributed by atoms with E-state index in [9.17, 15) is 36.6 Å². The molecule has 1 saturated heterocycles. The van der Waals surface area contributed by atoms with Crippen molar-refractivity contribution >= 4 is 29.0 Å². The van der Waals surface area contributed by atoms with Gasteiger partial charge in [-0.3, -0.25) is 9.59 Å². The zero-order valence-electron chi connectivity index (χ0n) is 15.3. The Bertz CT molecular complexity index is 990. The average molecular weight is 448 g/mol. The zero-order chi connectivity index (χ0) is 22.3. The van der Waals surface area contributed by atoms with Gasteiger partial charge in [-0.25, -0.2) is 8.78 Å². The molecule has 30 heavy (non-hydrogen) atoms. The lowest BCUT2D eigenvalue weighted by Gasteiger charge is -2.22. The summed E-state index contributed by atoms with van der Waals surface area (Å²) in [4.78, 5) is 25.8. The number of hydrogen-bond donors (Lipinski definition) is 1. The van der Waals surface area contributed by atoms with Crippen LogP contribution in [0.3, 0.4) is 0 Å². The third-order valence-electron chi connectivity index (χ3n) is 4.88. The highest BCUT2D eigenvalue weighted by Crippen LogP contribution is 2.36. The van der Waals surface area contributed by atoms with Crippen molar-refractivity contribution < 1.29 is 36.6 Å². The van der Waals surface area contributed by atoms with Crippen molar-refractivity contribution in [3.63, 3.8) is 0 Å². The van der Waals surface area contributed by atoms with E-state index in [1.54, 1.807) is 0 Å². The van der Waals surface area contributed by atoms with Crippen LogP contribution in [-0.4, -0.2) is 28.9 Å². The summed E-state index contributed by atoms with van der Waals surface area (Å²) in [7, 11) is 0. The van der Waals surface area contributed by atoms with Crippen molar-refractivity contribution in [3.05, 3.63) is 64.2 Å². The van der Waals surface area contributed by atoms with Crippen LogP contribution in [0.2, 0.25) is 5.02 Å². The summed E-state index contributed by atoms with van der Waals surface area (Å²) in [5.41, 5.74) is -3.98. The van der Waals surface area contributed by atoms with E-state index in [4.69, 9.17) is 11.6 Å². The minimum atomic E-state index is -4.76. The van der Waals surface area contributed by atoms with Gasteiger partial charge in [0.2, 0.25) is 5.60 Å². The van der Waals surface area contributed by atoms with Crippen LogP contribution in [-0.2, 0) is 22.2 Å². The number of halogens is 6. The molecule has 3 rings (SSSR count). The number of aliphatic hydroxyl groups is 1. The summed E-state index contributed by atoms with van der Waals surface area (Å²) < 4.78 is 66.2. The first-order valence-corrected chi connectivity index (χ1v) is 9.19. The monoisotopic (exact) mass is 447 g/mol. The van der Waals surface area contributed by atoms with E-state index in [1.807, 2.05) is 0 Å². The Hall–Kier alpha value is -2.52. The molecule has 10 heteroatoms. The van der Waals surface area contributed by atoms with Gasteiger partial charge in [-0.2, -0.15) is 13.2 Å². The van der Waals surface area contributed by atoms with Crippen LogP contribution in [0.5, 0.6) is 0 Å². The second-order valence-corrected chi connectivity index (χ2v) is 7.37. The van der Waals surface area contributed by atoms with Crippen LogP contribution in [0.15, 0.2) is 36.4 Å². The molecule has 1 aliphatic rings. The first-order chi connectivity index (χ1) is 13.9. The number of nitrogens with zero attached hydrogens (tertiary/aromatic N) is 1. The van der Waals surface area contributed by atoms with Crippen molar-refractivity contribution in [1.82, 2.24) is 0 Å². The van der Waals surface area contributed by atoms with Gasteiger partial charge in [0.15, 0.2) is 5.78 Å². The quantitative estimate of drug-likeness (QED) is 0.549. The molecule has 2 aromatic carbocycles. The number of benzene rings is 2. The molecule has 0 bridgehead atoms. The maximum atomic E-state index is 14.1. The Labute approximate surface area is 172 Å². The van der Waals surface area contributed by atoms with Crippen LogP contribution in [0.1, 0.15) is 24.0 Å². The maximum Gasteiger partial charge on any atom is 0.416 e. The molecule has 1 N–H and O–H groups in total. The Morgan fingerprint density at radius 3 is 2.50 bits per heavy atom. The third-order valence-corrected chi connectivity index (χ3v) is 5.10. The molecular formula is C20H15ClF5NO3. The number of rotatable bonds is 5. The minimum absolute atomic E-state index is 0.0240. The van der Waals surface area contributed by atoms with Crippen molar-refractivity contribution in [1.29, 1.82) is 0 Å². The standard InChI is InChI=1S/C20H15ClF5NO3/c21-13-7-11(8-14(22)10-13)1-4-17(28)19(30)5-6-27(18(19)29)16-9-12(20(24,25)26)2-3-15(16)23/h2-3,7-10,30H,1,4-6H2/t19-/m1/s1. The summed E-state index contributed by atoms with van der Waals surface area (Å²) in [5.74, 6) is -3.82. The molecule has 2 aromatic rings. The molecule has 1 heterocycles. The molecule has 1 atom stereocenters. The first kappa shape index (κ1) is 22.2. The van der Waals surface area contributed by atoms with E-state index >= 15 is 0 Å². The molecular weight excluding hydrogens is 433 g/mol. The largest absolute Gasteiger partial charge is 0.416 e. The summed E-state index contributed by atoms with van der Waals surface area (Å²) >= 11 is 5.74. The van der Waals surface area contributed by atoms with Crippen LogP contribution in [0, 0.1) is 11.6 Å². The third kappa shape index (κ3) is 4.32. The lowest BCUT2D eigenvalue weighted by molar-refractivity contribution is -0.147. The van der Waals surface area contributed by atoms with Crippen molar-refractivity contribution in [3.8, 4) is 0 Å². The lowest BCUT2D eigenvalue weighted by atomic mass is 9.92. The van der Waals surface area contributed by atoms with E-state index in [2.05, 4.69) is 0 Å². The van der Waals surface area contributed by atoms with Gasteiger partial charge in [0.05, 0.1) is 11.3 Å². The molecule has 0 saturated carbocycles. The predicted octanol–water partition coefficient (Wildman–Crippen LogP) is 4.31. The van der Waals surface area contributed by atoms with Crippen molar-refractivity contribution in [2.24, 2.45) is 0 Å². The number of Topliss-reactive ketones (excluding diaryl/α,β-unsaturated/α-hetero) is 1. The second-order valence-electron chi connectivity index (χ2n) is 6.93. The SMILES string of the molecule is O=C(CCc1cc(F)cc(Cl)c1)[C@]1(O)CCN(c2cc(C(F)(F)F)ccc2F)C1=O. The molecule has 1 aliphatic heterocycles. The van der Waals surface area contributed by atoms with Gasteiger partial charge in [-0.1, -0.05) is 11.6 Å². The van der Waals surface area contributed by atoms with Gasteiger partial charge in [0.1, 0.15) is 11.6 Å². The lowest BCUT2D eigenvalue weighted by Crippen LogP contribution is -2.47. The van der Waals surface area contributed by atoms with E-state index in [0.29, 0.717) is 28.7 Å². The van der Waals surface area contributed by atoms with Crippen molar-refractivity contribution in [2.75, 3.05) is 11.4 Å². The molecule has 1 fully saturated rings. The number of carbonyl (C=O) groups is 2. The van der Waals surface area contributed by atoms with E-state index in [0.717, 1.165) is 12.1 Å². The smallest absolute Gasteiger partial charge is 0.373 e. The summed E-state index contributed by atoms with van der Waals surface area (Å²) in [6.45, 7) is -0.342. The van der Waals surface area contributed by atoms with Crippen LogP contribution < -0.4 is 4.90 Å². The Morgan fingerprint density at radius 1 is 1.17 bits per heavy atom. The molecule has 0 radical (unpaired) electrons.